The van der Waals surface area contributed by atoms with Crippen LogP contribution in [0.3, 0.4) is 0 Å². The molecule has 1 amide bonds. The summed E-state index contributed by atoms with van der Waals surface area (Å²) in [5.41, 5.74) is 2.55. The van der Waals surface area contributed by atoms with Crippen LogP contribution in [0, 0.1) is 0 Å². The number of hydrogen-bond donors (Lipinski definition) is 0. The number of nitrogens with zero attached hydrogens (tertiary/aromatic N) is 1. The maximum absolute atomic E-state index is 13.1. The number of amides is 1. The van der Waals surface area contributed by atoms with Gasteiger partial charge in [0.05, 0.1) is 7.11 Å². The van der Waals surface area contributed by atoms with Crippen LogP contribution in [-0.4, -0.2) is 30.0 Å². The minimum atomic E-state index is 0.0523. The van der Waals surface area contributed by atoms with Crippen LogP contribution in [0.4, 0.5) is 0 Å². The second-order valence-electron chi connectivity index (χ2n) is 6.15. The lowest BCUT2D eigenvalue weighted by atomic mass is 9.97. The highest BCUT2D eigenvalue weighted by atomic mass is 16.5. The van der Waals surface area contributed by atoms with E-state index in [9.17, 15) is 4.79 Å². The van der Waals surface area contributed by atoms with E-state index in [4.69, 9.17) is 4.74 Å². The summed E-state index contributed by atoms with van der Waals surface area (Å²) in [6.07, 6.45) is 0. The zero-order valence-corrected chi connectivity index (χ0v) is 14.5. The van der Waals surface area contributed by atoms with Crippen LogP contribution < -0.4 is 4.74 Å². The SMILES string of the molecule is COc1ccccc1-c1ccccc1C(=O)N(C(C)C)C(C)C. The van der Waals surface area contributed by atoms with Gasteiger partial charge in [0, 0.05) is 23.2 Å². The van der Waals surface area contributed by atoms with Crippen molar-refractivity contribution in [3.63, 3.8) is 0 Å². The molecule has 2 aromatic rings. The molecule has 0 bridgehead atoms. The fourth-order valence-electron chi connectivity index (χ4n) is 2.98. The van der Waals surface area contributed by atoms with Gasteiger partial charge in [-0.05, 0) is 45.4 Å². The first kappa shape index (κ1) is 17.1. The van der Waals surface area contributed by atoms with E-state index in [1.807, 2.05) is 81.1 Å². The molecule has 0 heterocycles. The number of hydrogen-bond acceptors (Lipinski definition) is 2. The summed E-state index contributed by atoms with van der Waals surface area (Å²) in [6.45, 7) is 8.18. The molecule has 0 atom stereocenters. The number of para-hydroxylation sites is 1. The molecule has 122 valence electrons. The molecule has 23 heavy (non-hydrogen) atoms. The molecule has 0 aromatic heterocycles. The van der Waals surface area contributed by atoms with E-state index < -0.39 is 0 Å². The number of carbonyl (C=O) groups excluding carboxylic acids is 1. The largest absolute Gasteiger partial charge is 0.496 e. The van der Waals surface area contributed by atoms with Crippen LogP contribution in [0.2, 0.25) is 0 Å². The summed E-state index contributed by atoms with van der Waals surface area (Å²) in [5, 5.41) is 0. The van der Waals surface area contributed by atoms with E-state index in [0.29, 0.717) is 5.56 Å². The molecule has 3 heteroatoms. The average Bonchev–Trinajstić information content (AvgIpc) is 2.54. The second-order valence-corrected chi connectivity index (χ2v) is 6.15. The Labute approximate surface area is 138 Å². The fourth-order valence-corrected chi connectivity index (χ4v) is 2.98. The number of carbonyl (C=O) groups is 1. The van der Waals surface area contributed by atoms with Gasteiger partial charge in [-0.25, -0.2) is 0 Å². The maximum atomic E-state index is 13.1. The molecular formula is C20H25NO2. The lowest BCUT2D eigenvalue weighted by Crippen LogP contribution is -2.42. The summed E-state index contributed by atoms with van der Waals surface area (Å²) in [4.78, 5) is 15.0. The van der Waals surface area contributed by atoms with Gasteiger partial charge in [0.1, 0.15) is 5.75 Å². The molecule has 0 radical (unpaired) electrons. The zero-order valence-electron chi connectivity index (χ0n) is 14.5. The van der Waals surface area contributed by atoms with Gasteiger partial charge in [-0.1, -0.05) is 36.4 Å². The Bertz CT molecular complexity index is 669. The molecule has 2 rings (SSSR count). The molecule has 0 spiro atoms. The van der Waals surface area contributed by atoms with E-state index in [1.165, 1.54) is 0 Å². The molecule has 0 saturated heterocycles. The zero-order chi connectivity index (χ0) is 17.0. The number of ether oxygens (including phenoxy) is 1. The Kier molecular flexibility index (Phi) is 5.43. The predicted octanol–water partition coefficient (Wildman–Crippen LogP) is 4.62. The quantitative estimate of drug-likeness (QED) is 0.806. The van der Waals surface area contributed by atoms with Crippen molar-refractivity contribution in [1.29, 1.82) is 0 Å². The second kappa shape index (κ2) is 7.32. The molecule has 2 aromatic carbocycles. The Morgan fingerprint density at radius 1 is 0.870 bits per heavy atom. The van der Waals surface area contributed by atoms with Crippen molar-refractivity contribution in [1.82, 2.24) is 4.90 Å². The molecule has 3 nitrogen and oxygen atoms in total. The monoisotopic (exact) mass is 311 g/mol. The number of benzene rings is 2. The van der Waals surface area contributed by atoms with E-state index in [0.717, 1.165) is 16.9 Å². The topological polar surface area (TPSA) is 29.5 Å². The first-order valence-corrected chi connectivity index (χ1v) is 8.02. The van der Waals surface area contributed by atoms with Crippen molar-refractivity contribution >= 4 is 5.91 Å². The van der Waals surface area contributed by atoms with Crippen molar-refractivity contribution in [2.45, 2.75) is 39.8 Å². The summed E-state index contributed by atoms with van der Waals surface area (Å²) >= 11 is 0. The lowest BCUT2D eigenvalue weighted by Gasteiger charge is -2.31. The van der Waals surface area contributed by atoms with Crippen LogP contribution in [0.25, 0.3) is 11.1 Å². The summed E-state index contributed by atoms with van der Waals surface area (Å²) in [6, 6.07) is 15.8. The maximum Gasteiger partial charge on any atom is 0.254 e. The molecular weight excluding hydrogens is 286 g/mol. The van der Waals surface area contributed by atoms with Crippen molar-refractivity contribution in [2.75, 3.05) is 7.11 Å². The van der Waals surface area contributed by atoms with Crippen molar-refractivity contribution in [3.05, 3.63) is 54.1 Å². The molecule has 0 aliphatic rings. The minimum Gasteiger partial charge on any atom is -0.496 e. The molecule has 0 aliphatic carbocycles. The van der Waals surface area contributed by atoms with Crippen LogP contribution in [0.1, 0.15) is 38.1 Å². The Morgan fingerprint density at radius 2 is 1.39 bits per heavy atom. The highest BCUT2D eigenvalue weighted by Crippen LogP contribution is 2.33. The van der Waals surface area contributed by atoms with Crippen LogP contribution in [-0.2, 0) is 0 Å². The lowest BCUT2D eigenvalue weighted by molar-refractivity contribution is 0.0644. The van der Waals surface area contributed by atoms with Crippen LogP contribution in [0.15, 0.2) is 48.5 Å². The molecule has 0 unspecified atom stereocenters. The average molecular weight is 311 g/mol. The third-order valence-electron chi connectivity index (χ3n) is 3.90. The highest BCUT2D eigenvalue weighted by Gasteiger charge is 2.24. The van der Waals surface area contributed by atoms with Crippen LogP contribution >= 0.6 is 0 Å². The van der Waals surface area contributed by atoms with Crippen LogP contribution in [0.5, 0.6) is 5.75 Å². The van der Waals surface area contributed by atoms with Gasteiger partial charge in [-0.3, -0.25) is 4.79 Å². The Hall–Kier alpha value is -2.29. The van der Waals surface area contributed by atoms with Gasteiger partial charge in [0.15, 0.2) is 0 Å². The summed E-state index contributed by atoms with van der Waals surface area (Å²) in [5.74, 6) is 0.824. The van der Waals surface area contributed by atoms with E-state index in [1.54, 1.807) is 7.11 Å². The van der Waals surface area contributed by atoms with Gasteiger partial charge in [-0.2, -0.15) is 0 Å². The van der Waals surface area contributed by atoms with Gasteiger partial charge in [0.2, 0.25) is 0 Å². The smallest absolute Gasteiger partial charge is 0.254 e. The summed E-state index contributed by atoms with van der Waals surface area (Å²) < 4.78 is 5.46. The van der Waals surface area contributed by atoms with Gasteiger partial charge < -0.3 is 9.64 Å². The summed E-state index contributed by atoms with van der Waals surface area (Å²) in [7, 11) is 1.65. The third-order valence-corrected chi connectivity index (χ3v) is 3.90. The van der Waals surface area contributed by atoms with Gasteiger partial charge in [-0.15, -0.1) is 0 Å². The minimum absolute atomic E-state index is 0.0523. The molecule has 0 fully saturated rings. The van der Waals surface area contributed by atoms with E-state index in [2.05, 4.69) is 0 Å². The number of rotatable bonds is 5. The normalized spacial score (nSPS) is 10.9. The van der Waals surface area contributed by atoms with E-state index in [-0.39, 0.29) is 18.0 Å². The van der Waals surface area contributed by atoms with Crippen molar-refractivity contribution < 1.29 is 9.53 Å². The standard InChI is InChI=1S/C20H25NO2/c1-14(2)21(15(3)4)20(22)18-12-7-6-10-16(18)17-11-8-9-13-19(17)23-5/h6-15H,1-5H3. The van der Waals surface area contributed by atoms with Gasteiger partial charge >= 0.3 is 0 Å². The van der Waals surface area contributed by atoms with Gasteiger partial charge in [0.25, 0.3) is 5.91 Å². The van der Waals surface area contributed by atoms with Crippen molar-refractivity contribution in [2.24, 2.45) is 0 Å². The van der Waals surface area contributed by atoms with E-state index >= 15 is 0 Å². The third kappa shape index (κ3) is 3.55. The Balaban J connectivity index is 2.56. The molecule has 0 aliphatic heterocycles. The number of methoxy groups -OCH3 is 1. The highest BCUT2D eigenvalue weighted by molar-refractivity contribution is 6.01. The Morgan fingerprint density at radius 3 is 1.96 bits per heavy atom. The molecule has 0 saturated carbocycles. The predicted molar refractivity (Wildman–Crippen MR) is 94.9 cm³/mol. The van der Waals surface area contributed by atoms with Crippen molar-refractivity contribution in [3.8, 4) is 16.9 Å². The first-order valence-electron chi connectivity index (χ1n) is 8.02. The molecule has 0 N–H and O–H groups in total. The first-order chi connectivity index (χ1) is 11.0. The fraction of sp³-hybridized carbons (Fsp3) is 0.350.